The summed E-state index contributed by atoms with van der Waals surface area (Å²) in [4.78, 5) is 26.2. The zero-order valence-corrected chi connectivity index (χ0v) is 31.0. The van der Waals surface area contributed by atoms with E-state index in [1.165, 1.54) is 0 Å². The van der Waals surface area contributed by atoms with Gasteiger partial charge < -0.3 is 8.98 Å². The van der Waals surface area contributed by atoms with Crippen LogP contribution in [0.1, 0.15) is 0 Å². The minimum Gasteiger partial charge on any atom is -0.455 e. The molecule has 0 spiro atoms. The highest BCUT2D eigenvalue weighted by Crippen LogP contribution is 2.41. The van der Waals surface area contributed by atoms with Gasteiger partial charge in [0.05, 0.1) is 26.8 Å². The summed E-state index contributed by atoms with van der Waals surface area (Å²) in [5, 5.41) is 5.40. The number of fused-ring (bicyclic) bond motifs is 9. The molecule has 5 heterocycles. The summed E-state index contributed by atoms with van der Waals surface area (Å²) in [6.45, 7) is 0. The largest absolute Gasteiger partial charge is 0.455 e. The zero-order chi connectivity index (χ0) is 37.5. The number of hydrogen-bond acceptors (Lipinski definition) is 7. The fourth-order valence-electron chi connectivity index (χ4n) is 8.08. The maximum absolute atomic E-state index is 6.49. The maximum atomic E-state index is 6.49. The van der Waals surface area contributed by atoms with E-state index in [4.69, 9.17) is 29.3 Å². The Morgan fingerprint density at radius 2 is 1.11 bits per heavy atom. The normalized spacial score (nSPS) is 11.9. The monoisotopic (exact) mass is 748 g/mol. The molecule has 12 aromatic rings. The number of furan rings is 1. The van der Waals surface area contributed by atoms with Crippen LogP contribution in [0.4, 0.5) is 0 Å². The molecule has 0 atom stereocenters. The van der Waals surface area contributed by atoms with E-state index in [1.807, 2.05) is 66.7 Å². The van der Waals surface area contributed by atoms with E-state index in [9.17, 15) is 0 Å². The van der Waals surface area contributed by atoms with Crippen LogP contribution in [0.3, 0.4) is 0 Å². The van der Waals surface area contributed by atoms with E-state index in [1.54, 1.807) is 11.3 Å². The molecule has 0 radical (unpaired) electrons. The Bertz CT molecular complexity index is 3530. The van der Waals surface area contributed by atoms with Crippen molar-refractivity contribution in [1.29, 1.82) is 0 Å². The highest BCUT2D eigenvalue weighted by Gasteiger charge is 2.23. The van der Waals surface area contributed by atoms with Crippen LogP contribution in [0.15, 0.2) is 174 Å². The third-order valence-corrected chi connectivity index (χ3v) is 11.9. The number of para-hydroxylation sites is 4. The van der Waals surface area contributed by atoms with Crippen molar-refractivity contribution in [2.24, 2.45) is 0 Å². The number of aromatic nitrogens is 6. The van der Waals surface area contributed by atoms with Crippen LogP contribution >= 0.6 is 11.3 Å². The van der Waals surface area contributed by atoms with E-state index in [-0.39, 0.29) is 0 Å². The van der Waals surface area contributed by atoms with E-state index >= 15 is 0 Å². The predicted molar refractivity (Wildman–Crippen MR) is 232 cm³/mol. The maximum Gasteiger partial charge on any atom is 0.184 e. The van der Waals surface area contributed by atoms with Crippen molar-refractivity contribution in [2.75, 3.05) is 0 Å². The van der Waals surface area contributed by atoms with Gasteiger partial charge in [-0.25, -0.2) is 24.9 Å². The van der Waals surface area contributed by atoms with Crippen LogP contribution < -0.4 is 0 Å². The first-order chi connectivity index (χ1) is 28.2. The molecule has 0 aliphatic heterocycles. The fourth-order valence-corrected chi connectivity index (χ4v) is 9.21. The van der Waals surface area contributed by atoms with Crippen molar-refractivity contribution < 1.29 is 4.42 Å². The molecular formula is C49H28N6OS. The molecule has 0 amide bonds. The summed E-state index contributed by atoms with van der Waals surface area (Å²) in [5.41, 5.74) is 8.99. The first kappa shape index (κ1) is 31.8. The van der Waals surface area contributed by atoms with E-state index in [0.29, 0.717) is 29.0 Å². The van der Waals surface area contributed by atoms with Crippen LogP contribution in [0.2, 0.25) is 0 Å². The van der Waals surface area contributed by atoms with Crippen molar-refractivity contribution in [3.05, 3.63) is 170 Å². The molecule has 0 aliphatic rings. The van der Waals surface area contributed by atoms with Crippen molar-refractivity contribution in [3.63, 3.8) is 0 Å². The lowest BCUT2D eigenvalue weighted by Crippen LogP contribution is -2.03. The fraction of sp³-hybridized carbons (Fsp3) is 0. The molecule has 7 aromatic carbocycles. The van der Waals surface area contributed by atoms with Gasteiger partial charge in [0, 0.05) is 48.4 Å². The molecule has 0 aliphatic carbocycles. The van der Waals surface area contributed by atoms with Gasteiger partial charge in [0.25, 0.3) is 0 Å². The molecule has 5 aromatic heterocycles. The lowest BCUT2D eigenvalue weighted by molar-refractivity contribution is 0.669. The molecule has 0 N–H and O–H groups in total. The average molecular weight is 749 g/mol. The second-order valence-corrected chi connectivity index (χ2v) is 15.1. The van der Waals surface area contributed by atoms with Crippen LogP contribution in [0.5, 0.6) is 0 Å². The molecule has 266 valence electrons. The molecule has 0 fully saturated rings. The topological polar surface area (TPSA) is 82.5 Å². The lowest BCUT2D eigenvalue weighted by Gasteiger charge is -2.10. The van der Waals surface area contributed by atoms with Crippen LogP contribution in [0.25, 0.3) is 115 Å². The van der Waals surface area contributed by atoms with Crippen LogP contribution in [0, 0.1) is 0 Å². The van der Waals surface area contributed by atoms with Crippen molar-refractivity contribution >= 4 is 75.4 Å². The van der Waals surface area contributed by atoms with Crippen LogP contribution in [-0.2, 0) is 0 Å². The van der Waals surface area contributed by atoms with Gasteiger partial charge in [0.2, 0.25) is 0 Å². The molecule has 0 saturated carbocycles. The summed E-state index contributed by atoms with van der Waals surface area (Å²) in [6.07, 6.45) is 0. The summed E-state index contributed by atoms with van der Waals surface area (Å²) in [7, 11) is 0. The molecule has 57 heavy (non-hydrogen) atoms. The Hall–Kier alpha value is -7.55. The molecule has 7 nitrogen and oxygen atoms in total. The molecule has 0 bridgehead atoms. The van der Waals surface area contributed by atoms with E-state index < -0.39 is 0 Å². The highest BCUT2D eigenvalue weighted by molar-refractivity contribution is 7.26. The van der Waals surface area contributed by atoms with E-state index in [2.05, 4.69) is 108 Å². The second-order valence-electron chi connectivity index (χ2n) is 14.0. The molecule has 0 unspecified atom stereocenters. The van der Waals surface area contributed by atoms with Gasteiger partial charge in [-0.15, -0.1) is 11.3 Å². The Balaban J connectivity index is 1.12. The average Bonchev–Trinajstić information content (AvgIpc) is 3.96. The van der Waals surface area contributed by atoms with Gasteiger partial charge >= 0.3 is 0 Å². The van der Waals surface area contributed by atoms with Crippen molar-refractivity contribution in [2.45, 2.75) is 0 Å². The number of nitrogens with zero attached hydrogens (tertiary/aromatic N) is 6. The Kier molecular flexibility index (Phi) is 6.96. The third-order valence-electron chi connectivity index (χ3n) is 10.7. The van der Waals surface area contributed by atoms with Gasteiger partial charge in [-0.3, -0.25) is 0 Å². The summed E-state index contributed by atoms with van der Waals surface area (Å²) >= 11 is 1.65. The Labute approximate surface area is 329 Å². The first-order valence-electron chi connectivity index (χ1n) is 18.8. The van der Waals surface area contributed by atoms with Crippen molar-refractivity contribution in [3.8, 4) is 51.4 Å². The number of thiophene rings is 1. The predicted octanol–water partition coefficient (Wildman–Crippen LogP) is 12.7. The number of hydrogen-bond donors (Lipinski definition) is 0. The molecular weight excluding hydrogens is 721 g/mol. The summed E-state index contributed by atoms with van der Waals surface area (Å²) < 4.78 is 10.8. The smallest absolute Gasteiger partial charge is 0.184 e. The Morgan fingerprint density at radius 3 is 1.98 bits per heavy atom. The first-order valence-corrected chi connectivity index (χ1v) is 19.6. The quantitative estimate of drug-likeness (QED) is 0.174. The standard InChI is InChI=1S/C49H28N6OS/c1-3-14-29(15-4-1)46-52-48(36-22-13-21-34-33-19-8-11-24-40(33)56-44(34)36)54-49(53-46)43-45-42(35-20-9-12-25-41(35)57-45)50-47(51-43)30-26-27-39-37(28-30)32-18-7-10-23-38(32)55(39)31-16-5-2-6-17-31/h1-28H. The summed E-state index contributed by atoms with van der Waals surface area (Å²) in [6, 6.07) is 58.2. The Morgan fingerprint density at radius 1 is 0.439 bits per heavy atom. The van der Waals surface area contributed by atoms with Crippen LogP contribution in [-0.4, -0.2) is 29.5 Å². The summed E-state index contributed by atoms with van der Waals surface area (Å²) in [5.74, 6) is 2.12. The van der Waals surface area contributed by atoms with Gasteiger partial charge in [-0.2, -0.15) is 0 Å². The van der Waals surface area contributed by atoms with Gasteiger partial charge in [0.15, 0.2) is 23.3 Å². The minimum absolute atomic E-state index is 0.467. The third kappa shape index (κ3) is 5.01. The zero-order valence-electron chi connectivity index (χ0n) is 30.2. The number of benzene rings is 7. The SMILES string of the molecule is c1ccc(-c2nc(-c3cccc4c3oc3ccccc34)nc(-c3nc(-c4ccc5c(c4)c4ccccc4n5-c4ccccc4)nc4c3sc3ccccc34)n2)cc1. The van der Waals surface area contributed by atoms with Crippen molar-refractivity contribution in [1.82, 2.24) is 29.5 Å². The molecule has 0 saturated heterocycles. The lowest BCUT2D eigenvalue weighted by atomic mass is 10.1. The minimum atomic E-state index is 0.467. The highest BCUT2D eigenvalue weighted by atomic mass is 32.1. The van der Waals surface area contributed by atoms with Gasteiger partial charge in [-0.05, 0) is 54.6 Å². The van der Waals surface area contributed by atoms with Gasteiger partial charge in [-0.1, -0.05) is 115 Å². The van der Waals surface area contributed by atoms with E-state index in [0.717, 1.165) is 86.4 Å². The molecule has 12 rings (SSSR count). The second kappa shape index (κ2) is 12.5. The molecule has 8 heteroatoms. The van der Waals surface area contributed by atoms with Gasteiger partial charge in [0.1, 0.15) is 16.9 Å². The number of rotatable bonds is 5.